The van der Waals surface area contributed by atoms with Crippen LogP contribution in [0.2, 0.25) is 0 Å². The van der Waals surface area contributed by atoms with E-state index in [9.17, 15) is 13.2 Å². The summed E-state index contributed by atoms with van der Waals surface area (Å²) >= 11 is 0. The quantitative estimate of drug-likeness (QED) is 0.693. The van der Waals surface area contributed by atoms with E-state index in [-0.39, 0.29) is 22.7 Å². The van der Waals surface area contributed by atoms with E-state index in [2.05, 4.69) is 0 Å². The number of hydrogen-bond donors (Lipinski definition) is 0. The van der Waals surface area contributed by atoms with Crippen LogP contribution < -0.4 is 0 Å². The molecule has 4 heteroatoms. The molecule has 0 atom stereocenters. The second-order valence-corrected chi connectivity index (χ2v) is 8.10. The van der Waals surface area contributed by atoms with E-state index >= 15 is 0 Å². The van der Waals surface area contributed by atoms with E-state index in [1.54, 1.807) is 0 Å². The minimum absolute atomic E-state index is 0.158. The van der Waals surface area contributed by atoms with Crippen LogP contribution in [0.5, 0.6) is 0 Å². The highest BCUT2D eigenvalue weighted by atomic mass is 32.2. The summed E-state index contributed by atoms with van der Waals surface area (Å²) in [4.78, 5) is 12.2. The van der Waals surface area contributed by atoms with E-state index in [4.69, 9.17) is 0 Å². The van der Waals surface area contributed by atoms with Gasteiger partial charge in [-0.15, -0.1) is 0 Å². The van der Waals surface area contributed by atoms with Crippen molar-refractivity contribution in [3.8, 4) is 0 Å². The van der Waals surface area contributed by atoms with Crippen LogP contribution in [0.15, 0.2) is 0 Å². The fourth-order valence-electron chi connectivity index (χ4n) is 2.12. The molecule has 1 rings (SSSR count). The van der Waals surface area contributed by atoms with Crippen molar-refractivity contribution >= 4 is 15.6 Å². The Morgan fingerprint density at radius 1 is 1.13 bits per heavy atom. The summed E-state index contributed by atoms with van der Waals surface area (Å²) in [5.41, 5.74) is -0.820. The van der Waals surface area contributed by atoms with Gasteiger partial charge in [0.05, 0.1) is 11.5 Å². The summed E-state index contributed by atoms with van der Waals surface area (Å²) in [6.45, 7) is 7.58. The average Bonchev–Trinajstić information content (AvgIpc) is 2.08. The molecule has 0 unspecified atom stereocenters. The van der Waals surface area contributed by atoms with Crippen molar-refractivity contribution in [3.05, 3.63) is 0 Å². The van der Waals surface area contributed by atoms with E-state index in [0.717, 1.165) is 0 Å². The Morgan fingerprint density at radius 2 is 1.53 bits per heavy atom. The van der Waals surface area contributed by atoms with Gasteiger partial charge in [0.2, 0.25) is 0 Å². The van der Waals surface area contributed by atoms with Crippen LogP contribution in [0.25, 0.3) is 0 Å². The maximum absolute atomic E-state index is 12.2. The molecular weight excluding hydrogens is 212 g/mol. The van der Waals surface area contributed by atoms with Crippen molar-refractivity contribution in [2.45, 2.75) is 40.5 Å². The Balaban J connectivity index is 2.84. The zero-order valence-electron chi connectivity index (χ0n) is 9.96. The molecule has 3 nitrogen and oxygen atoms in total. The van der Waals surface area contributed by atoms with Gasteiger partial charge in [-0.05, 0) is 12.8 Å². The number of Topliss-reactive ketones (excluding diaryl/α,β-unsaturated/α-hetero) is 1. The van der Waals surface area contributed by atoms with Gasteiger partial charge in [-0.3, -0.25) is 4.79 Å². The summed E-state index contributed by atoms with van der Waals surface area (Å²) in [5, 5.41) is 0. The summed E-state index contributed by atoms with van der Waals surface area (Å²) in [6.07, 6.45) is 0.955. The summed E-state index contributed by atoms with van der Waals surface area (Å²) < 4.78 is 22.6. The fraction of sp³-hybridized carbons (Fsp3) is 0.909. The van der Waals surface area contributed by atoms with Gasteiger partial charge in [-0.2, -0.15) is 0 Å². The zero-order valence-corrected chi connectivity index (χ0v) is 10.8. The highest BCUT2D eigenvalue weighted by Gasteiger charge is 2.43. The van der Waals surface area contributed by atoms with Crippen molar-refractivity contribution in [1.82, 2.24) is 0 Å². The first-order valence-electron chi connectivity index (χ1n) is 5.32. The standard InChI is InChI=1S/C11H20O3S/c1-10(2,3)9(12)11(4)5-7-15(13,14)8-6-11/h5-8H2,1-4H3. The SMILES string of the molecule is CC(C)(C)C(=O)C1(C)CCS(=O)(=O)CC1. The first-order chi connectivity index (χ1) is 6.57. The van der Waals surface area contributed by atoms with Crippen molar-refractivity contribution in [1.29, 1.82) is 0 Å². The number of hydrogen-bond acceptors (Lipinski definition) is 3. The van der Waals surface area contributed by atoms with Crippen molar-refractivity contribution in [3.63, 3.8) is 0 Å². The smallest absolute Gasteiger partial charge is 0.150 e. The van der Waals surface area contributed by atoms with E-state index < -0.39 is 15.3 Å². The Bertz CT molecular complexity index is 346. The van der Waals surface area contributed by atoms with Gasteiger partial charge in [-0.25, -0.2) is 8.42 Å². The van der Waals surface area contributed by atoms with Crippen LogP contribution in [-0.4, -0.2) is 25.7 Å². The number of carbonyl (C=O) groups excluding carboxylic acids is 1. The fourth-order valence-corrected chi connectivity index (χ4v) is 3.85. The third kappa shape index (κ3) is 2.80. The van der Waals surface area contributed by atoms with Crippen LogP contribution in [0.1, 0.15) is 40.5 Å². The Morgan fingerprint density at radius 3 is 1.87 bits per heavy atom. The molecule has 1 heterocycles. The Labute approximate surface area is 92.2 Å². The first-order valence-corrected chi connectivity index (χ1v) is 7.14. The molecule has 0 aliphatic carbocycles. The number of ketones is 1. The minimum Gasteiger partial charge on any atom is -0.299 e. The van der Waals surface area contributed by atoms with Crippen LogP contribution in [0.3, 0.4) is 0 Å². The summed E-state index contributed by atoms with van der Waals surface area (Å²) in [5.74, 6) is 0.501. The lowest BCUT2D eigenvalue weighted by atomic mass is 9.70. The Hall–Kier alpha value is -0.380. The van der Waals surface area contributed by atoms with Gasteiger partial charge < -0.3 is 0 Å². The molecule has 1 saturated heterocycles. The van der Waals surface area contributed by atoms with Crippen molar-refractivity contribution in [2.24, 2.45) is 10.8 Å². The zero-order chi connectivity index (χ0) is 11.9. The molecule has 0 N–H and O–H groups in total. The lowest BCUT2D eigenvalue weighted by molar-refractivity contribution is -0.136. The van der Waals surface area contributed by atoms with E-state index in [1.165, 1.54) is 0 Å². The predicted molar refractivity (Wildman–Crippen MR) is 60.5 cm³/mol. The summed E-state index contributed by atoms with van der Waals surface area (Å²) in [7, 11) is -2.89. The second kappa shape index (κ2) is 3.58. The van der Waals surface area contributed by atoms with Crippen molar-refractivity contribution < 1.29 is 13.2 Å². The molecule has 1 aliphatic rings. The van der Waals surface area contributed by atoms with Crippen molar-refractivity contribution in [2.75, 3.05) is 11.5 Å². The van der Waals surface area contributed by atoms with Crippen LogP contribution in [0, 0.1) is 10.8 Å². The topological polar surface area (TPSA) is 51.2 Å². The molecule has 0 bridgehead atoms. The molecule has 0 radical (unpaired) electrons. The van der Waals surface area contributed by atoms with Gasteiger partial charge in [0.15, 0.2) is 0 Å². The van der Waals surface area contributed by atoms with Gasteiger partial charge in [0.25, 0.3) is 0 Å². The third-order valence-electron chi connectivity index (χ3n) is 3.16. The van der Waals surface area contributed by atoms with Gasteiger partial charge in [0, 0.05) is 10.8 Å². The molecule has 0 spiro atoms. The molecule has 0 aromatic rings. The number of sulfone groups is 1. The lowest BCUT2D eigenvalue weighted by Crippen LogP contribution is -2.42. The van der Waals surface area contributed by atoms with Crippen LogP contribution >= 0.6 is 0 Å². The average molecular weight is 232 g/mol. The molecule has 1 aliphatic heterocycles. The molecular formula is C11H20O3S. The molecule has 0 saturated carbocycles. The maximum Gasteiger partial charge on any atom is 0.150 e. The highest BCUT2D eigenvalue weighted by molar-refractivity contribution is 7.91. The first kappa shape index (κ1) is 12.7. The molecule has 88 valence electrons. The Kier molecular flexibility index (Phi) is 3.03. The van der Waals surface area contributed by atoms with E-state index in [1.807, 2.05) is 27.7 Å². The second-order valence-electron chi connectivity index (χ2n) is 5.79. The van der Waals surface area contributed by atoms with Crippen LogP contribution in [-0.2, 0) is 14.6 Å². The van der Waals surface area contributed by atoms with Crippen LogP contribution in [0.4, 0.5) is 0 Å². The van der Waals surface area contributed by atoms with Gasteiger partial charge >= 0.3 is 0 Å². The highest BCUT2D eigenvalue weighted by Crippen LogP contribution is 2.38. The normalized spacial score (nSPS) is 24.8. The third-order valence-corrected chi connectivity index (χ3v) is 4.81. The monoisotopic (exact) mass is 232 g/mol. The van der Waals surface area contributed by atoms with Gasteiger partial charge in [-0.1, -0.05) is 27.7 Å². The molecule has 0 aromatic carbocycles. The molecule has 0 amide bonds. The predicted octanol–water partition coefficient (Wildman–Crippen LogP) is 1.82. The maximum atomic E-state index is 12.2. The largest absolute Gasteiger partial charge is 0.299 e. The number of carbonyl (C=O) groups is 1. The molecule has 15 heavy (non-hydrogen) atoms. The molecule has 1 fully saturated rings. The summed E-state index contributed by atoms with van der Waals surface area (Å²) in [6, 6.07) is 0. The molecule has 0 aromatic heterocycles. The van der Waals surface area contributed by atoms with E-state index in [0.29, 0.717) is 12.8 Å². The van der Waals surface area contributed by atoms with Gasteiger partial charge in [0.1, 0.15) is 15.6 Å². The number of rotatable bonds is 1. The lowest BCUT2D eigenvalue weighted by Gasteiger charge is -2.36. The minimum atomic E-state index is -2.89.